The van der Waals surface area contributed by atoms with Gasteiger partial charge < -0.3 is 16.0 Å². The van der Waals surface area contributed by atoms with Crippen LogP contribution < -0.4 is 16.0 Å². The third-order valence-electron chi connectivity index (χ3n) is 4.31. The predicted molar refractivity (Wildman–Crippen MR) is 110 cm³/mol. The lowest BCUT2D eigenvalue weighted by Crippen LogP contribution is -2.40. The number of carbonyl (C=O) groups excluding carboxylic acids is 1. The van der Waals surface area contributed by atoms with E-state index in [1.807, 2.05) is 13.8 Å². The van der Waals surface area contributed by atoms with Crippen LogP contribution in [0.1, 0.15) is 51.0 Å². The van der Waals surface area contributed by atoms with Crippen molar-refractivity contribution in [1.29, 1.82) is 0 Å². The standard InChI is InChI=1S/C19H33N5OS/c1-4-20-19(21-10-9-18(25)23-15(2)3)22-14-16(17-8-7-13-26-17)24-11-5-6-12-24/h7-8,13,15-16H,4-6,9-12,14H2,1-3H3,(H,23,25)(H2,20,21,22). The van der Waals surface area contributed by atoms with Gasteiger partial charge in [-0.25, -0.2) is 0 Å². The summed E-state index contributed by atoms with van der Waals surface area (Å²) >= 11 is 1.81. The van der Waals surface area contributed by atoms with Gasteiger partial charge in [-0.15, -0.1) is 11.3 Å². The largest absolute Gasteiger partial charge is 0.357 e. The van der Waals surface area contributed by atoms with Crippen LogP contribution in [0.2, 0.25) is 0 Å². The molecule has 1 unspecified atom stereocenters. The molecule has 2 heterocycles. The summed E-state index contributed by atoms with van der Waals surface area (Å²) in [4.78, 5) is 20.5. The first kappa shape index (κ1) is 20.7. The van der Waals surface area contributed by atoms with Crippen LogP contribution >= 0.6 is 11.3 Å². The van der Waals surface area contributed by atoms with Gasteiger partial charge in [0.1, 0.15) is 0 Å². The highest BCUT2D eigenvalue weighted by atomic mass is 32.1. The molecule has 1 atom stereocenters. The molecule has 0 saturated carbocycles. The Bertz CT molecular complexity index is 552. The van der Waals surface area contributed by atoms with Crippen molar-refractivity contribution in [1.82, 2.24) is 20.9 Å². The van der Waals surface area contributed by atoms with Gasteiger partial charge in [0.15, 0.2) is 5.96 Å². The molecule has 0 aliphatic carbocycles. The van der Waals surface area contributed by atoms with Gasteiger partial charge in [0.25, 0.3) is 0 Å². The van der Waals surface area contributed by atoms with E-state index in [0.29, 0.717) is 19.0 Å². The van der Waals surface area contributed by atoms with Gasteiger partial charge >= 0.3 is 0 Å². The first-order valence-electron chi connectivity index (χ1n) is 9.69. The van der Waals surface area contributed by atoms with Crippen LogP contribution in [0.5, 0.6) is 0 Å². The van der Waals surface area contributed by atoms with E-state index < -0.39 is 0 Å². The Morgan fingerprint density at radius 3 is 2.69 bits per heavy atom. The maximum Gasteiger partial charge on any atom is 0.221 e. The number of amides is 1. The van der Waals surface area contributed by atoms with E-state index in [1.165, 1.54) is 17.7 Å². The topological polar surface area (TPSA) is 68.8 Å². The van der Waals surface area contributed by atoms with Gasteiger partial charge in [-0.05, 0) is 58.1 Å². The van der Waals surface area contributed by atoms with Crippen LogP contribution in [-0.2, 0) is 4.79 Å². The second kappa shape index (κ2) is 11.2. The summed E-state index contributed by atoms with van der Waals surface area (Å²) in [6, 6.07) is 4.84. The zero-order valence-electron chi connectivity index (χ0n) is 16.3. The van der Waals surface area contributed by atoms with Gasteiger partial charge in [0, 0.05) is 30.4 Å². The SMILES string of the molecule is CCNC(=NCC(c1cccs1)N1CCCC1)NCCC(=O)NC(C)C. The van der Waals surface area contributed by atoms with Crippen molar-refractivity contribution in [3.05, 3.63) is 22.4 Å². The minimum absolute atomic E-state index is 0.0666. The average molecular weight is 380 g/mol. The van der Waals surface area contributed by atoms with Gasteiger partial charge in [0.2, 0.25) is 5.91 Å². The minimum atomic E-state index is 0.0666. The highest BCUT2D eigenvalue weighted by Gasteiger charge is 2.24. The van der Waals surface area contributed by atoms with Crippen molar-refractivity contribution >= 4 is 23.2 Å². The number of nitrogens with zero attached hydrogens (tertiary/aromatic N) is 2. The van der Waals surface area contributed by atoms with E-state index in [1.54, 1.807) is 11.3 Å². The van der Waals surface area contributed by atoms with E-state index in [-0.39, 0.29) is 11.9 Å². The minimum Gasteiger partial charge on any atom is -0.357 e. The number of guanidine groups is 1. The van der Waals surface area contributed by atoms with Crippen LogP contribution in [0.3, 0.4) is 0 Å². The van der Waals surface area contributed by atoms with E-state index in [9.17, 15) is 4.79 Å². The summed E-state index contributed by atoms with van der Waals surface area (Å²) in [5.74, 6) is 0.850. The number of nitrogens with one attached hydrogen (secondary N) is 3. The molecule has 1 aromatic rings. The molecule has 1 aliphatic heterocycles. The molecule has 26 heavy (non-hydrogen) atoms. The number of likely N-dealkylation sites (tertiary alicyclic amines) is 1. The number of carbonyl (C=O) groups is 1. The quantitative estimate of drug-likeness (QED) is 0.455. The van der Waals surface area contributed by atoms with E-state index in [0.717, 1.165) is 32.1 Å². The smallest absolute Gasteiger partial charge is 0.221 e. The average Bonchev–Trinajstić information content (AvgIpc) is 3.28. The van der Waals surface area contributed by atoms with Crippen LogP contribution in [-0.4, -0.2) is 55.5 Å². The van der Waals surface area contributed by atoms with Crippen molar-refractivity contribution in [2.45, 2.75) is 52.1 Å². The second-order valence-electron chi connectivity index (χ2n) is 6.89. The highest BCUT2D eigenvalue weighted by molar-refractivity contribution is 7.10. The van der Waals surface area contributed by atoms with Gasteiger partial charge in [-0.2, -0.15) is 0 Å². The van der Waals surface area contributed by atoms with Crippen LogP contribution in [0.15, 0.2) is 22.5 Å². The molecule has 6 nitrogen and oxygen atoms in total. The maximum absolute atomic E-state index is 11.8. The fraction of sp³-hybridized carbons (Fsp3) is 0.684. The first-order valence-corrected chi connectivity index (χ1v) is 10.6. The molecule has 146 valence electrons. The Morgan fingerprint density at radius 1 is 1.31 bits per heavy atom. The van der Waals surface area contributed by atoms with E-state index in [2.05, 4.69) is 45.3 Å². The van der Waals surface area contributed by atoms with Crippen LogP contribution in [0.25, 0.3) is 0 Å². The molecule has 1 aliphatic rings. The van der Waals surface area contributed by atoms with E-state index >= 15 is 0 Å². The Morgan fingerprint density at radius 2 is 2.08 bits per heavy atom. The fourth-order valence-electron chi connectivity index (χ4n) is 3.13. The molecular formula is C19H33N5OS. The van der Waals surface area contributed by atoms with Crippen molar-refractivity contribution in [2.75, 3.05) is 32.7 Å². The lowest BCUT2D eigenvalue weighted by atomic mass is 10.2. The Balaban J connectivity index is 1.91. The summed E-state index contributed by atoms with van der Waals surface area (Å²) in [6.45, 7) is 10.4. The number of aliphatic imine (C=N–C) groups is 1. The molecule has 1 aromatic heterocycles. The van der Waals surface area contributed by atoms with E-state index in [4.69, 9.17) is 4.99 Å². The lowest BCUT2D eigenvalue weighted by Gasteiger charge is -2.25. The van der Waals surface area contributed by atoms with Crippen molar-refractivity contribution < 1.29 is 4.79 Å². The monoisotopic (exact) mass is 379 g/mol. The Labute approximate surface area is 161 Å². The van der Waals surface area contributed by atoms with Crippen molar-refractivity contribution in [3.8, 4) is 0 Å². The molecule has 7 heteroatoms. The Kier molecular flexibility index (Phi) is 8.91. The highest BCUT2D eigenvalue weighted by Crippen LogP contribution is 2.28. The summed E-state index contributed by atoms with van der Waals surface area (Å²) < 4.78 is 0. The van der Waals surface area contributed by atoms with Gasteiger partial charge in [0.05, 0.1) is 12.6 Å². The summed E-state index contributed by atoms with van der Waals surface area (Å²) in [5, 5.41) is 11.6. The Hall–Kier alpha value is -1.60. The van der Waals surface area contributed by atoms with Crippen molar-refractivity contribution in [2.24, 2.45) is 4.99 Å². The molecule has 1 amide bonds. The lowest BCUT2D eigenvalue weighted by molar-refractivity contribution is -0.121. The molecule has 2 rings (SSSR count). The molecule has 0 spiro atoms. The molecule has 3 N–H and O–H groups in total. The van der Waals surface area contributed by atoms with Gasteiger partial charge in [-0.1, -0.05) is 6.07 Å². The molecule has 1 fully saturated rings. The molecular weight excluding hydrogens is 346 g/mol. The third kappa shape index (κ3) is 6.96. The van der Waals surface area contributed by atoms with Gasteiger partial charge in [-0.3, -0.25) is 14.7 Å². The predicted octanol–water partition coefficient (Wildman–Crippen LogP) is 2.35. The fourth-order valence-corrected chi connectivity index (χ4v) is 3.98. The van der Waals surface area contributed by atoms with Crippen molar-refractivity contribution in [3.63, 3.8) is 0 Å². The number of hydrogen-bond donors (Lipinski definition) is 3. The number of hydrogen-bond acceptors (Lipinski definition) is 4. The molecule has 1 saturated heterocycles. The second-order valence-corrected chi connectivity index (χ2v) is 7.87. The zero-order valence-corrected chi connectivity index (χ0v) is 17.1. The molecule has 0 bridgehead atoms. The van der Waals surface area contributed by atoms with Crippen LogP contribution in [0, 0.1) is 0 Å². The number of rotatable bonds is 9. The summed E-state index contributed by atoms with van der Waals surface area (Å²) in [5.41, 5.74) is 0. The van der Waals surface area contributed by atoms with Crippen LogP contribution in [0.4, 0.5) is 0 Å². The molecule has 0 radical (unpaired) electrons. The molecule has 0 aromatic carbocycles. The zero-order chi connectivity index (χ0) is 18.8. The number of thiophene rings is 1. The summed E-state index contributed by atoms with van der Waals surface area (Å²) in [6.07, 6.45) is 2.99. The first-order chi connectivity index (χ1) is 12.6. The maximum atomic E-state index is 11.8. The summed E-state index contributed by atoms with van der Waals surface area (Å²) in [7, 11) is 0. The third-order valence-corrected chi connectivity index (χ3v) is 5.29. The normalized spacial score (nSPS) is 16.7.